The molecule has 1 N–H and O–H groups in total. The Kier molecular flexibility index (Phi) is 5.21. The smallest absolute Gasteiger partial charge is 0.123 e. The number of aryl methyl sites for hydroxylation is 1. The van der Waals surface area contributed by atoms with E-state index in [0.29, 0.717) is 5.02 Å². The third-order valence-corrected chi connectivity index (χ3v) is 3.88. The predicted molar refractivity (Wildman–Crippen MR) is 84.6 cm³/mol. The van der Waals surface area contributed by atoms with Gasteiger partial charge in [-0.2, -0.15) is 0 Å². The number of methoxy groups -OCH3 is 1. The monoisotopic (exact) mass is 307 g/mol. The number of rotatable bonds is 5. The molecule has 0 aromatic heterocycles. The van der Waals surface area contributed by atoms with Crippen LogP contribution in [0.4, 0.5) is 4.39 Å². The van der Waals surface area contributed by atoms with Crippen molar-refractivity contribution in [2.75, 3.05) is 14.2 Å². The average Bonchev–Trinajstić information content (AvgIpc) is 2.46. The minimum absolute atomic E-state index is 0.0443. The molecule has 4 heteroatoms. The van der Waals surface area contributed by atoms with E-state index < -0.39 is 0 Å². The van der Waals surface area contributed by atoms with Crippen molar-refractivity contribution in [2.45, 2.75) is 19.4 Å². The molecule has 0 amide bonds. The van der Waals surface area contributed by atoms with Crippen molar-refractivity contribution < 1.29 is 9.13 Å². The molecule has 2 rings (SSSR count). The van der Waals surface area contributed by atoms with Crippen LogP contribution in [0, 0.1) is 12.7 Å². The molecule has 0 aliphatic rings. The minimum atomic E-state index is -0.211. The Labute approximate surface area is 129 Å². The van der Waals surface area contributed by atoms with Crippen LogP contribution in [0.25, 0.3) is 0 Å². The van der Waals surface area contributed by atoms with Crippen LogP contribution in [0.1, 0.15) is 22.7 Å². The lowest BCUT2D eigenvalue weighted by atomic mass is 9.95. The zero-order chi connectivity index (χ0) is 15.4. The molecule has 112 valence electrons. The van der Waals surface area contributed by atoms with Gasteiger partial charge in [-0.05, 0) is 61.9 Å². The molecule has 0 saturated heterocycles. The summed E-state index contributed by atoms with van der Waals surface area (Å²) in [4.78, 5) is 0. The van der Waals surface area contributed by atoms with Gasteiger partial charge in [-0.3, -0.25) is 0 Å². The Bertz CT molecular complexity index is 630. The van der Waals surface area contributed by atoms with E-state index in [0.717, 1.165) is 28.9 Å². The van der Waals surface area contributed by atoms with Crippen molar-refractivity contribution in [1.29, 1.82) is 0 Å². The first-order valence-electron chi connectivity index (χ1n) is 6.81. The van der Waals surface area contributed by atoms with Crippen LogP contribution in [0.2, 0.25) is 5.02 Å². The van der Waals surface area contributed by atoms with Gasteiger partial charge in [0.05, 0.1) is 7.11 Å². The Hall–Kier alpha value is -1.58. The van der Waals surface area contributed by atoms with Gasteiger partial charge in [0.25, 0.3) is 0 Å². The fourth-order valence-corrected chi connectivity index (χ4v) is 2.63. The number of ether oxygens (including phenoxy) is 1. The molecule has 21 heavy (non-hydrogen) atoms. The summed E-state index contributed by atoms with van der Waals surface area (Å²) in [6, 6.07) is 10.5. The van der Waals surface area contributed by atoms with E-state index in [1.54, 1.807) is 19.2 Å². The standard InChI is InChI=1S/C17H19ClFNO/c1-11-8-14(19)6-4-12(11)9-16(20-2)15-10-13(18)5-7-17(15)21-3/h4-8,10,16,20H,9H2,1-3H3. The molecule has 0 aliphatic heterocycles. The molecule has 0 heterocycles. The maximum atomic E-state index is 13.2. The van der Waals surface area contributed by atoms with E-state index >= 15 is 0 Å². The van der Waals surface area contributed by atoms with E-state index in [1.165, 1.54) is 6.07 Å². The van der Waals surface area contributed by atoms with Gasteiger partial charge in [-0.25, -0.2) is 4.39 Å². The number of likely N-dealkylation sites (N-methyl/N-ethyl adjacent to an activating group) is 1. The van der Waals surface area contributed by atoms with Crippen LogP contribution in [0.5, 0.6) is 5.75 Å². The van der Waals surface area contributed by atoms with Gasteiger partial charge in [0, 0.05) is 16.6 Å². The normalized spacial score (nSPS) is 12.2. The summed E-state index contributed by atoms with van der Waals surface area (Å²) in [7, 11) is 3.53. The lowest BCUT2D eigenvalue weighted by molar-refractivity contribution is 0.401. The van der Waals surface area contributed by atoms with Crippen LogP contribution in [0.15, 0.2) is 36.4 Å². The quantitative estimate of drug-likeness (QED) is 0.889. The van der Waals surface area contributed by atoms with Crippen molar-refractivity contribution >= 4 is 11.6 Å². The second-order valence-electron chi connectivity index (χ2n) is 5.00. The molecule has 0 bridgehead atoms. The molecule has 1 unspecified atom stereocenters. The van der Waals surface area contributed by atoms with Gasteiger partial charge in [0.2, 0.25) is 0 Å². The molecule has 2 aromatic rings. The first-order chi connectivity index (χ1) is 10.0. The summed E-state index contributed by atoms with van der Waals surface area (Å²) in [6.45, 7) is 1.92. The van der Waals surface area contributed by atoms with Gasteiger partial charge in [0.1, 0.15) is 11.6 Å². The highest BCUT2D eigenvalue weighted by Crippen LogP contribution is 2.30. The Morgan fingerprint density at radius 3 is 2.62 bits per heavy atom. The molecule has 0 radical (unpaired) electrons. The van der Waals surface area contributed by atoms with Gasteiger partial charge >= 0.3 is 0 Å². The van der Waals surface area contributed by atoms with Gasteiger partial charge in [0.15, 0.2) is 0 Å². The second-order valence-corrected chi connectivity index (χ2v) is 5.44. The molecule has 2 nitrogen and oxygen atoms in total. The number of hydrogen-bond acceptors (Lipinski definition) is 2. The van der Waals surface area contributed by atoms with Crippen LogP contribution in [-0.2, 0) is 6.42 Å². The molecular formula is C17H19ClFNO. The van der Waals surface area contributed by atoms with Gasteiger partial charge < -0.3 is 10.1 Å². The van der Waals surface area contributed by atoms with Crippen molar-refractivity contribution in [3.8, 4) is 5.75 Å². The van der Waals surface area contributed by atoms with E-state index in [4.69, 9.17) is 16.3 Å². The van der Waals surface area contributed by atoms with E-state index in [-0.39, 0.29) is 11.9 Å². The molecule has 2 aromatic carbocycles. The number of nitrogens with one attached hydrogen (secondary N) is 1. The minimum Gasteiger partial charge on any atom is -0.496 e. The van der Waals surface area contributed by atoms with Crippen LogP contribution in [0.3, 0.4) is 0 Å². The summed E-state index contributed by atoms with van der Waals surface area (Å²) in [5, 5.41) is 3.95. The van der Waals surface area contributed by atoms with Crippen molar-refractivity contribution in [1.82, 2.24) is 5.32 Å². The highest BCUT2D eigenvalue weighted by molar-refractivity contribution is 6.30. The Morgan fingerprint density at radius 2 is 2.00 bits per heavy atom. The van der Waals surface area contributed by atoms with Crippen molar-refractivity contribution in [3.63, 3.8) is 0 Å². The summed E-state index contributed by atoms with van der Waals surface area (Å²) >= 11 is 6.10. The topological polar surface area (TPSA) is 21.3 Å². The lowest BCUT2D eigenvalue weighted by Crippen LogP contribution is -2.20. The molecule has 0 saturated carbocycles. The summed E-state index contributed by atoms with van der Waals surface area (Å²) < 4.78 is 18.6. The largest absolute Gasteiger partial charge is 0.496 e. The molecule has 0 fully saturated rings. The second kappa shape index (κ2) is 6.92. The first kappa shape index (κ1) is 15.8. The third-order valence-electron chi connectivity index (χ3n) is 3.64. The fraction of sp³-hybridized carbons (Fsp3) is 0.294. The van der Waals surface area contributed by atoms with Gasteiger partial charge in [-0.15, -0.1) is 0 Å². The predicted octanol–water partition coefficient (Wildman–Crippen LogP) is 4.30. The van der Waals surface area contributed by atoms with Crippen molar-refractivity contribution in [2.24, 2.45) is 0 Å². The number of halogens is 2. The van der Waals surface area contributed by atoms with Crippen LogP contribution in [-0.4, -0.2) is 14.2 Å². The summed E-state index contributed by atoms with van der Waals surface area (Å²) in [5.74, 6) is 0.580. The van der Waals surface area contributed by atoms with Crippen molar-refractivity contribution in [3.05, 3.63) is 63.9 Å². The Morgan fingerprint density at radius 1 is 1.24 bits per heavy atom. The highest BCUT2D eigenvalue weighted by Gasteiger charge is 2.16. The van der Waals surface area contributed by atoms with E-state index in [2.05, 4.69) is 5.32 Å². The SMILES string of the molecule is CNC(Cc1ccc(F)cc1C)c1cc(Cl)ccc1OC. The summed E-state index contributed by atoms with van der Waals surface area (Å²) in [6.07, 6.45) is 0.735. The molecule has 0 spiro atoms. The molecule has 0 aliphatic carbocycles. The zero-order valence-corrected chi connectivity index (χ0v) is 13.2. The zero-order valence-electron chi connectivity index (χ0n) is 12.4. The van der Waals surface area contributed by atoms with E-state index in [9.17, 15) is 4.39 Å². The fourth-order valence-electron chi connectivity index (χ4n) is 2.45. The van der Waals surface area contributed by atoms with Crippen LogP contribution < -0.4 is 10.1 Å². The summed E-state index contributed by atoms with van der Waals surface area (Å²) in [5.41, 5.74) is 3.03. The molecular weight excluding hydrogens is 289 g/mol. The maximum Gasteiger partial charge on any atom is 0.123 e. The number of hydrogen-bond donors (Lipinski definition) is 1. The average molecular weight is 308 g/mol. The highest BCUT2D eigenvalue weighted by atomic mass is 35.5. The molecule has 1 atom stereocenters. The van der Waals surface area contributed by atoms with Crippen LogP contribution >= 0.6 is 11.6 Å². The first-order valence-corrected chi connectivity index (χ1v) is 7.18. The lowest BCUT2D eigenvalue weighted by Gasteiger charge is -2.20. The third kappa shape index (κ3) is 3.74. The van der Waals surface area contributed by atoms with E-state index in [1.807, 2.05) is 32.2 Å². The Balaban J connectivity index is 2.34. The maximum absolute atomic E-state index is 13.2. The number of benzene rings is 2. The van der Waals surface area contributed by atoms with Gasteiger partial charge in [-0.1, -0.05) is 17.7 Å².